The fraction of sp³-hybridized carbons (Fsp3) is 0.700. The number of ether oxygens (including phenoxy) is 3. The van der Waals surface area contributed by atoms with Crippen LogP contribution in [0.25, 0.3) is 0 Å². The van der Waals surface area contributed by atoms with Crippen molar-refractivity contribution in [3.8, 4) is 0 Å². The van der Waals surface area contributed by atoms with Gasteiger partial charge in [-0.3, -0.25) is 4.79 Å². The van der Waals surface area contributed by atoms with Crippen molar-refractivity contribution in [1.29, 1.82) is 0 Å². The number of cyclic esters (lactones) is 1. The number of aliphatic hydroxyl groups is 1. The third-order valence-electron chi connectivity index (χ3n) is 8.18. The first-order valence-electron chi connectivity index (χ1n) is 14.5. The SMILES string of the molecule is CC1(C)CCCCOCc2cccc3c2CN(C3)C(O)O[C@@H]2CC(C(=O)O)N(C2)C(=O)[C@H](C(C)(C)C)NC(=O)OC1. The van der Waals surface area contributed by atoms with Crippen LogP contribution in [0.5, 0.6) is 0 Å². The summed E-state index contributed by atoms with van der Waals surface area (Å²) in [6.07, 6.45) is -0.0880. The molecule has 11 heteroatoms. The maximum Gasteiger partial charge on any atom is 0.407 e. The number of hydrogen-bond donors (Lipinski definition) is 3. The van der Waals surface area contributed by atoms with E-state index in [0.717, 1.165) is 36.0 Å². The van der Waals surface area contributed by atoms with Crippen LogP contribution in [0.1, 0.15) is 77.0 Å². The van der Waals surface area contributed by atoms with E-state index in [1.807, 2.05) is 32.0 Å². The molecule has 1 saturated heterocycles. The minimum Gasteiger partial charge on any atom is -0.480 e. The van der Waals surface area contributed by atoms with E-state index in [2.05, 4.69) is 5.32 Å². The van der Waals surface area contributed by atoms with Crippen LogP contribution < -0.4 is 5.32 Å². The lowest BCUT2D eigenvalue weighted by Crippen LogP contribution is -2.57. The van der Waals surface area contributed by atoms with E-state index < -0.39 is 48.0 Å². The third kappa shape index (κ3) is 7.77. The van der Waals surface area contributed by atoms with Crippen molar-refractivity contribution in [2.45, 2.75) is 105 Å². The fourth-order valence-electron chi connectivity index (χ4n) is 5.74. The molecule has 0 aliphatic carbocycles. The molecule has 3 heterocycles. The van der Waals surface area contributed by atoms with Gasteiger partial charge in [-0.15, -0.1) is 0 Å². The summed E-state index contributed by atoms with van der Waals surface area (Å²) in [7, 11) is 0. The van der Waals surface area contributed by atoms with E-state index in [4.69, 9.17) is 14.2 Å². The summed E-state index contributed by atoms with van der Waals surface area (Å²) >= 11 is 0. The van der Waals surface area contributed by atoms with E-state index in [0.29, 0.717) is 26.3 Å². The second-order valence-corrected chi connectivity index (χ2v) is 13.3. The molecule has 0 radical (unpaired) electrons. The van der Waals surface area contributed by atoms with Crippen molar-refractivity contribution < 1.29 is 38.8 Å². The molecule has 5 atom stereocenters. The highest BCUT2D eigenvalue weighted by Crippen LogP contribution is 2.32. The average molecular weight is 576 g/mol. The highest BCUT2D eigenvalue weighted by Gasteiger charge is 2.46. The maximum absolute atomic E-state index is 13.8. The number of rotatable bonds is 1. The van der Waals surface area contributed by atoms with Gasteiger partial charge in [-0.2, -0.15) is 0 Å². The highest BCUT2D eigenvalue weighted by atomic mass is 16.6. The predicted octanol–water partition coefficient (Wildman–Crippen LogP) is 3.22. The van der Waals surface area contributed by atoms with Crippen LogP contribution >= 0.6 is 0 Å². The summed E-state index contributed by atoms with van der Waals surface area (Å²) in [5.41, 5.74) is 2.26. The fourth-order valence-corrected chi connectivity index (χ4v) is 5.74. The number of alkyl carbamates (subject to hydrolysis) is 1. The largest absolute Gasteiger partial charge is 0.480 e. The molecule has 11 nitrogen and oxygen atoms in total. The van der Waals surface area contributed by atoms with Gasteiger partial charge in [0.05, 0.1) is 19.3 Å². The Bertz CT molecular complexity index is 1120. The minimum absolute atomic E-state index is 0.0213. The maximum atomic E-state index is 13.8. The van der Waals surface area contributed by atoms with Crippen molar-refractivity contribution >= 4 is 18.0 Å². The average Bonchev–Trinajstić information content (AvgIpc) is 3.52. The van der Waals surface area contributed by atoms with Crippen LogP contribution in [0.3, 0.4) is 0 Å². The standard InChI is InChI=1S/C30H45N3O8/c1-29(2,3)24-25(34)33-15-21(13-23(33)26(35)36)41-28(38)32-14-19-9-8-10-20(22(19)16-32)17-39-12-7-6-11-30(4,5)18-40-27(37)31-24/h8-10,21,23-24,28,38H,6-7,11-18H2,1-5H3,(H,31,37)(H,35,36)/t21-,23?,24-,28?/m1/s1. The van der Waals surface area contributed by atoms with Gasteiger partial charge >= 0.3 is 12.1 Å². The number of carboxylic acid groups (broad SMARTS) is 1. The summed E-state index contributed by atoms with van der Waals surface area (Å²) < 4.78 is 17.5. The number of fused-ring (bicyclic) bond motifs is 3. The molecule has 228 valence electrons. The first-order valence-corrected chi connectivity index (χ1v) is 14.5. The predicted molar refractivity (Wildman–Crippen MR) is 149 cm³/mol. The van der Waals surface area contributed by atoms with Crippen LogP contribution in [0.15, 0.2) is 18.2 Å². The summed E-state index contributed by atoms with van der Waals surface area (Å²) in [5, 5.41) is 23.6. The number of amides is 2. The van der Waals surface area contributed by atoms with Crippen molar-refractivity contribution in [2.75, 3.05) is 19.8 Å². The Balaban J connectivity index is 1.57. The zero-order chi connectivity index (χ0) is 29.9. The lowest BCUT2D eigenvalue weighted by molar-refractivity contribution is -0.218. The van der Waals surface area contributed by atoms with E-state index in [-0.39, 0.29) is 25.0 Å². The third-order valence-corrected chi connectivity index (χ3v) is 8.18. The van der Waals surface area contributed by atoms with Gasteiger partial charge in [-0.1, -0.05) is 59.2 Å². The van der Waals surface area contributed by atoms with Crippen LogP contribution in [0.4, 0.5) is 4.79 Å². The normalized spacial score (nSPS) is 30.1. The van der Waals surface area contributed by atoms with Gasteiger partial charge in [0, 0.05) is 32.7 Å². The van der Waals surface area contributed by atoms with E-state index in [9.17, 15) is 24.6 Å². The van der Waals surface area contributed by atoms with Gasteiger partial charge in [0.2, 0.25) is 12.3 Å². The highest BCUT2D eigenvalue weighted by molar-refractivity contribution is 5.90. The minimum atomic E-state index is -1.28. The second-order valence-electron chi connectivity index (χ2n) is 13.3. The van der Waals surface area contributed by atoms with Gasteiger partial charge < -0.3 is 34.6 Å². The first kappa shape index (κ1) is 31.2. The Morgan fingerprint density at radius 2 is 1.85 bits per heavy atom. The molecule has 1 aromatic carbocycles. The number of nitrogens with one attached hydrogen (secondary N) is 1. The zero-order valence-corrected chi connectivity index (χ0v) is 24.9. The van der Waals surface area contributed by atoms with Gasteiger partial charge in [0.25, 0.3) is 0 Å². The molecule has 3 aliphatic rings. The summed E-state index contributed by atoms with van der Waals surface area (Å²) in [6.45, 7) is 11.6. The van der Waals surface area contributed by atoms with Gasteiger partial charge in [0.15, 0.2) is 0 Å². The number of aliphatic hydroxyl groups excluding tert-OH is 1. The van der Waals surface area contributed by atoms with Gasteiger partial charge in [0.1, 0.15) is 12.1 Å². The van der Waals surface area contributed by atoms with Crippen molar-refractivity contribution in [3.05, 3.63) is 34.9 Å². The summed E-state index contributed by atoms with van der Waals surface area (Å²) in [4.78, 5) is 41.8. The van der Waals surface area contributed by atoms with Crippen LogP contribution in [-0.4, -0.2) is 82.3 Å². The summed E-state index contributed by atoms with van der Waals surface area (Å²) in [5.74, 6) is -1.69. The molecule has 0 spiro atoms. The molecular formula is C30H45N3O8. The molecule has 0 saturated carbocycles. The number of aliphatic carboxylic acids is 1. The van der Waals surface area contributed by atoms with Crippen molar-refractivity contribution in [3.63, 3.8) is 0 Å². The quantitative estimate of drug-likeness (QED) is 0.461. The molecule has 0 aromatic heterocycles. The molecule has 4 bridgehead atoms. The Labute approximate surface area is 242 Å². The first-order chi connectivity index (χ1) is 19.2. The summed E-state index contributed by atoms with van der Waals surface area (Å²) in [6, 6.07) is 3.86. The van der Waals surface area contributed by atoms with Crippen LogP contribution in [0.2, 0.25) is 0 Å². The zero-order valence-electron chi connectivity index (χ0n) is 24.9. The number of carbonyl (C=O) groups is 3. The smallest absolute Gasteiger partial charge is 0.407 e. The number of carboxylic acids is 1. The van der Waals surface area contributed by atoms with Crippen molar-refractivity contribution in [2.24, 2.45) is 10.8 Å². The molecule has 3 N–H and O–H groups in total. The topological polar surface area (TPSA) is 138 Å². The van der Waals surface area contributed by atoms with E-state index >= 15 is 0 Å². The molecule has 2 amide bonds. The lowest BCUT2D eigenvalue weighted by Gasteiger charge is -2.35. The van der Waals surface area contributed by atoms with Crippen LogP contribution in [0, 0.1) is 10.8 Å². The molecule has 41 heavy (non-hydrogen) atoms. The lowest BCUT2D eigenvalue weighted by atomic mass is 9.85. The van der Waals surface area contributed by atoms with Gasteiger partial charge in [-0.05, 0) is 40.4 Å². The molecule has 4 rings (SSSR count). The molecule has 1 aromatic rings. The second kappa shape index (κ2) is 12.6. The van der Waals surface area contributed by atoms with Crippen LogP contribution in [-0.2, 0) is 43.5 Å². The number of nitrogens with zero attached hydrogens (tertiary/aromatic N) is 2. The van der Waals surface area contributed by atoms with Gasteiger partial charge in [-0.25, -0.2) is 14.5 Å². The Morgan fingerprint density at radius 3 is 2.56 bits per heavy atom. The molecule has 3 aliphatic heterocycles. The monoisotopic (exact) mass is 575 g/mol. The molecular weight excluding hydrogens is 530 g/mol. The Morgan fingerprint density at radius 1 is 1.12 bits per heavy atom. The number of benzene rings is 1. The Kier molecular flexibility index (Phi) is 9.63. The molecule has 3 unspecified atom stereocenters. The van der Waals surface area contributed by atoms with E-state index in [1.54, 1.807) is 25.7 Å². The number of carbonyl (C=O) groups excluding carboxylic acids is 2. The van der Waals surface area contributed by atoms with Crippen molar-refractivity contribution in [1.82, 2.24) is 15.1 Å². The van der Waals surface area contributed by atoms with E-state index in [1.165, 1.54) is 4.90 Å². The number of hydrogen-bond acceptors (Lipinski definition) is 8. The molecule has 1 fully saturated rings. The Hall–Kier alpha value is -2.73.